The van der Waals surface area contributed by atoms with E-state index in [9.17, 15) is 4.79 Å². The number of hydrogen-bond donors (Lipinski definition) is 0. The first-order valence-corrected chi connectivity index (χ1v) is 8.54. The van der Waals surface area contributed by atoms with Crippen molar-refractivity contribution in [2.24, 2.45) is 0 Å². The molecule has 1 heterocycles. The van der Waals surface area contributed by atoms with E-state index < -0.39 is 0 Å². The number of methoxy groups -OCH3 is 1. The second-order valence-electron chi connectivity index (χ2n) is 5.07. The Morgan fingerprint density at radius 3 is 2.76 bits per heavy atom. The molecule has 1 saturated carbocycles. The largest absolute Gasteiger partial charge is 0.496 e. The Morgan fingerprint density at radius 2 is 2.14 bits per heavy atom. The SMILES string of the molecule is COc1ccccc1CN(C(=O)c1sccc1Br)C1CC1. The molecule has 0 aliphatic heterocycles. The Labute approximate surface area is 136 Å². The van der Waals surface area contributed by atoms with Gasteiger partial charge in [0.2, 0.25) is 0 Å². The fraction of sp³-hybridized carbons (Fsp3) is 0.312. The van der Waals surface area contributed by atoms with Crippen LogP contribution in [0.1, 0.15) is 28.1 Å². The Balaban J connectivity index is 1.86. The topological polar surface area (TPSA) is 29.5 Å². The first-order chi connectivity index (χ1) is 10.2. The van der Waals surface area contributed by atoms with Gasteiger partial charge in [0.05, 0.1) is 7.11 Å². The van der Waals surface area contributed by atoms with E-state index in [1.165, 1.54) is 11.3 Å². The lowest BCUT2D eigenvalue weighted by Gasteiger charge is -2.23. The highest BCUT2D eigenvalue weighted by atomic mass is 79.9. The minimum atomic E-state index is 0.102. The third kappa shape index (κ3) is 3.14. The summed E-state index contributed by atoms with van der Waals surface area (Å²) in [6.45, 7) is 0.595. The van der Waals surface area contributed by atoms with Gasteiger partial charge in [0.25, 0.3) is 5.91 Å². The number of benzene rings is 1. The molecule has 2 aromatic rings. The lowest BCUT2D eigenvalue weighted by molar-refractivity contribution is 0.0733. The second kappa shape index (κ2) is 6.20. The van der Waals surface area contributed by atoms with Gasteiger partial charge in [0, 0.05) is 22.6 Å². The van der Waals surface area contributed by atoms with E-state index in [0.717, 1.165) is 33.5 Å². The van der Waals surface area contributed by atoms with E-state index in [0.29, 0.717) is 12.6 Å². The number of amides is 1. The number of nitrogens with zero attached hydrogens (tertiary/aromatic N) is 1. The van der Waals surface area contributed by atoms with Crippen LogP contribution in [0.4, 0.5) is 0 Å². The average Bonchev–Trinajstić information content (AvgIpc) is 3.25. The number of para-hydroxylation sites is 1. The summed E-state index contributed by atoms with van der Waals surface area (Å²) in [5.74, 6) is 0.937. The Bertz CT molecular complexity index is 651. The molecular weight excluding hydrogens is 350 g/mol. The van der Waals surface area contributed by atoms with Crippen LogP contribution in [0.3, 0.4) is 0 Å². The van der Waals surface area contributed by atoms with Crippen LogP contribution in [0.2, 0.25) is 0 Å². The number of ether oxygens (including phenoxy) is 1. The number of carbonyl (C=O) groups excluding carboxylic acids is 1. The molecule has 3 rings (SSSR count). The third-order valence-electron chi connectivity index (χ3n) is 3.59. The zero-order valence-corrected chi connectivity index (χ0v) is 14.1. The molecule has 0 saturated heterocycles. The number of carbonyl (C=O) groups is 1. The van der Waals surface area contributed by atoms with Gasteiger partial charge in [-0.1, -0.05) is 18.2 Å². The van der Waals surface area contributed by atoms with Crippen molar-refractivity contribution in [3.63, 3.8) is 0 Å². The summed E-state index contributed by atoms with van der Waals surface area (Å²) in [5.41, 5.74) is 1.05. The lowest BCUT2D eigenvalue weighted by atomic mass is 10.2. The minimum absolute atomic E-state index is 0.102. The van der Waals surface area contributed by atoms with Gasteiger partial charge in [-0.3, -0.25) is 4.79 Å². The van der Waals surface area contributed by atoms with Crippen molar-refractivity contribution in [1.82, 2.24) is 4.90 Å². The summed E-state index contributed by atoms with van der Waals surface area (Å²) in [7, 11) is 1.66. The van der Waals surface area contributed by atoms with Crippen LogP contribution in [0.25, 0.3) is 0 Å². The number of hydrogen-bond acceptors (Lipinski definition) is 3. The second-order valence-corrected chi connectivity index (χ2v) is 6.84. The minimum Gasteiger partial charge on any atom is -0.496 e. The van der Waals surface area contributed by atoms with Crippen molar-refractivity contribution in [3.8, 4) is 5.75 Å². The highest BCUT2D eigenvalue weighted by Gasteiger charge is 2.34. The van der Waals surface area contributed by atoms with Gasteiger partial charge in [0.15, 0.2) is 0 Å². The molecular formula is C16H16BrNO2S. The van der Waals surface area contributed by atoms with Gasteiger partial charge >= 0.3 is 0 Å². The van der Waals surface area contributed by atoms with E-state index in [-0.39, 0.29) is 5.91 Å². The molecule has 1 aliphatic rings. The van der Waals surface area contributed by atoms with Crippen LogP contribution < -0.4 is 4.74 Å². The fourth-order valence-electron chi connectivity index (χ4n) is 2.35. The molecule has 0 N–H and O–H groups in total. The predicted molar refractivity (Wildman–Crippen MR) is 87.9 cm³/mol. The van der Waals surface area contributed by atoms with E-state index in [4.69, 9.17) is 4.74 Å². The number of rotatable bonds is 5. The maximum Gasteiger partial charge on any atom is 0.265 e. The van der Waals surface area contributed by atoms with Crippen LogP contribution in [-0.4, -0.2) is 24.0 Å². The van der Waals surface area contributed by atoms with E-state index in [1.54, 1.807) is 7.11 Å². The smallest absolute Gasteiger partial charge is 0.265 e. The highest BCUT2D eigenvalue weighted by Crippen LogP contribution is 2.34. The Kier molecular flexibility index (Phi) is 4.31. The molecule has 3 nitrogen and oxygen atoms in total. The Morgan fingerprint density at radius 1 is 1.38 bits per heavy atom. The van der Waals surface area contributed by atoms with Crippen molar-refractivity contribution in [2.75, 3.05) is 7.11 Å². The molecule has 5 heteroatoms. The van der Waals surface area contributed by atoms with Gasteiger partial charge in [0.1, 0.15) is 10.6 Å². The summed E-state index contributed by atoms with van der Waals surface area (Å²) in [4.78, 5) is 15.5. The van der Waals surface area contributed by atoms with Gasteiger partial charge in [-0.2, -0.15) is 0 Å². The molecule has 0 radical (unpaired) electrons. The molecule has 1 amide bonds. The molecule has 21 heavy (non-hydrogen) atoms. The molecule has 110 valence electrons. The number of halogens is 1. The summed E-state index contributed by atoms with van der Waals surface area (Å²) in [6, 6.07) is 10.2. The van der Waals surface area contributed by atoms with Gasteiger partial charge in [-0.15, -0.1) is 11.3 Å². The van der Waals surface area contributed by atoms with Crippen LogP contribution in [0.15, 0.2) is 40.2 Å². The van der Waals surface area contributed by atoms with E-state index in [2.05, 4.69) is 15.9 Å². The van der Waals surface area contributed by atoms with E-state index in [1.807, 2.05) is 40.6 Å². The van der Waals surface area contributed by atoms with Crippen molar-refractivity contribution >= 4 is 33.2 Å². The average molecular weight is 366 g/mol. The van der Waals surface area contributed by atoms with Gasteiger partial charge < -0.3 is 9.64 Å². The summed E-state index contributed by atoms with van der Waals surface area (Å²) in [5, 5.41) is 1.94. The first-order valence-electron chi connectivity index (χ1n) is 6.86. The zero-order valence-electron chi connectivity index (χ0n) is 11.7. The van der Waals surface area contributed by atoms with Crippen LogP contribution in [0, 0.1) is 0 Å². The summed E-state index contributed by atoms with van der Waals surface area (Å²) < 4.78 is 6.27. The third-order valence-corrected chi connectivity index (χ3v) is 5.42. The summed E-state index contributed by atoms with van der Waals surface area (Å²) in [6.07, 6.45) is 2.17. The van der Waals surface area contributed by atoms with Crippen molar-refractivity contribution in [2.45, 2.75) is 25.4 Å². The predicted octanol–water partition coefficient (Wildman–Crippen LogP) is 4.32. The van der Waals surface area contributed by atoms with Crippen LogP contribution in [0.5, 0.6) is 5.75 Å². The van der Waals surface area contributed by atoms with Crippen LogP contribution in [-0.2, 0) is 6.54 Å². The van der Waals surface area contributed by atoms with Gasteiger partial charge in [-0.25, -0.2) is 0 Å². The highest BCUT2D eigenvalue weighted by molar-refractivity contribution is 9.10. The molecule has 1 fully saturated rings. The monoisotopic (exact) mass is 365 g/mol. The normalized spacial score (nSPS) is 14.0. The van der Waals surface area contributed by atoms with Crippen LogP contribution >= 0.6 is 27.3 Å². The molecule has 0 spiro atoms. The van der Waals surface area contributed by atoms with Gasteiger partial charge in [-0.05, 0) is 46.3 Å². The molecule has 0 atom stereocenters. The molecule has 0 bridgehead atoms. The van der Waals surface area contributed by atoms with Crippen molar-refractivity contribution in [1.29, 1.82) is 0 Å². The standard InChI is InChI=1S/C16H16BrNO2S/c1-20-14-5-3-2-4-11(14)10-18(12-6-7-12)16(19)15-13(17)8-9-21-15/h2-5,8-9,12H,6-7,10H2,1H3. The fourth-order valence-corrected chi connectivity index (χ4v) is 3.84. The van der Waals surface area contributed by atoms with Crippen molar-refractivity contribution in [3.05, 3.63) is 50.6 Å². The zero-order chi connectivity index (χ0) is 14.8. The summed E-state index contributed by atoms with van der Waals surface area (Å²) >= 11 is 4.94. The quantitative estimate of drug-likeness (QED) is 0.789. The maximum absolute atomic E-state index is 12.8. The molecule has 1 aliphatic carbocycles. The number of thiophene rings is 1. The van der Waals surface area contributed by atoms with E-state index >= 15 is 0 Å². The first kappa shape index (κ1) is 14.6. The molecule has 1 aromatic heterocycles. The maximum atomic E-state index is 12.8. The molecule has 1 aromatic carbocycles. The van der Waals surface area contributed by atoms with Crippen molar-refractivity contribution < 1.29 is 9.53 Å². The Hall–Kier alpha value is -1.33. The lowest BCUT2D eigenvalue weighted by Crippen LogP contribution is -2.32. The molecule has 0 unspecified atom stereocenters.